The molecule has 0 saturated carbocycles. The van der Waals surface area contributed by atoms with Crippen LogP contribution >= 0.6 is 11.6 Å². The summed E-state index contributed by atoms with van der Waals surface area (Å²) in [6.45, 7) is 0. The Morgan fingerprint density at radius 3 is 2.67 bits per heavy atom. The van der Waals surface area contributed by atoms with E-state index < -0.39 is 0 Å². The molecule has 3 nitrogen and oxygen atoms in total. The van der Waals surface area contributed by atoms with E-state index in [2.05, 4.69) is 0 Å². The second-order valence-corrected chi connectivity index (χ2v) is 1.92. The van der Waals surface area contributed by atoms with E-state index in [0.29, 0.717) is 4.73 Å². The third-order valence-electron chi connectivity index (χ3n) is 0.852. The maximum Gasteiger partial charge on any atom is 0.286 e. The van der Waals surface area contributed by atoms with Crippen molar-refractivity contribution < 1.29 is 9.84 Å². The minimum absolute atomic E-state index is 0.0489. The summed E-state index contributed by atoms with van der Waals surface area (Å²) in [5.74, 6) is -0.0885. The zero-order valence-corrected chi connectivity index (χ0v) is 5.17. The van der Waals surface area contributed by atoms with Gasteiger partial charge in [-0.25, -0.2) is 0 Å². The van der Waals surface area contributed by atoms with Crippen molar-refractivity contribution in [2.24, 2.45) is 0 Å². The highest BCUT2D eigenvalue weighted by Crippen LogP contribution is 2.06. The van der Waals surface area contributed by atoms with Gasteiger partial charge in [0.15, 0.2) is 5.75 Å². The number of hydrogen-bond acceptors (Lipinski definition) is 2. The SMILES string of the molecule is [O-][n+]1cc(O)ccc1Cl. The average Bonchev–Trinajstić information content (AvgIpc) is 1.80. The van der Waals surface area contributed by atoms with Gasteiger partial charge in [-0.15, -0.1) is 0 Å². The Morgan fingerprint density at radius 1 is 1.56 bits per heavy atom. The molecule has 0 radical (unpaired) electrons. The normalized spacial score (nSPS) is 9.44. The van der Waals surface area contributed by atoms with E-state index in [1.807, 2.05) is 0 Å². The molecule has 0 aromatic carbocycles. The number of pyridine rings is 1. The van der Waals surface area contributed by atoms with Crippen LogP contribution in [0.4, 0.5) is 0 Å². The van der Waals surface area contributed by atoms with Gasteiger partial charge in [0.1, 0.15) is 0 Å². The lowest BCUT2D eigenvalue weighted by Gasteiger charge is -1.95. The molecule has 0 aliphatic rings. The van der Waals surface area contributed by atoms with E-state index in [1.54, 1.807) is 0 Å². The second kappa shape index (κ2) is 2.11. The molecule has 1 heterocycles. The molecule has 0 fully saturated rings. The first-order valence-electron chi connectivity index (χ1n) is 2.28. The van der Waals surface area contributed by atoms with Crippen molar-refractivity contribution in [1.82, 2.24) is 0 Å². The third-order valence-corrected chi connectivity index (χ3v) is 1.14. The number of rotatable bonds is 0. The average molecular weight is 146 g/mol. The van der Waals surface area contributed by atoms with Gasteiger partial charge in [-0.2, -0.15) is 4.73 Å². The van der Waals surface area contributed by atoms with Crippen molar-refractivity contribution in [3.8, 4) is 5.75 Å². The molecule has 48 valence electrons. The van der Waals surface area contributed by atoms with Crippen LogP contribution in [0.15, 0.2) is 18.3 Å². The molecule has 0 bridgehead atoms. The van der Waals surface area contributed by atoms with Gasteiger partial charge in [0, 0.05) is 6.07 Å². The minimum atomic E-state index is -0.0885. The first kappa shape index (κ1) is 6.16. The molecular formula is C5H4ClNO2. The van der Waals surface area contributed by atoms with Crippen molar-refractivity contribution in [1.29, 1.82) is 0 Å². The summed E-state index contributed by atoms with van der Waals surface area (Å²) >= 11 is 5.32. The van der Waals surface area contributed by atoms with Gasteiger partial charge in [0.05, 0.1) is 0 Å². The summed E-state index contributed by atoms with van der Waals surface area (Å²) in [5.41, 5.74) is 0. The lowest BCUT2D eigenvalue weighted by molar-refractivity contribution is -0.603. The highest BCUT2D eigenvalue weighted by Gasteiger charge is 1.99. The summed E-state index contributed by atoms with van der Waals surface area (Å²) in [6.07, 6.45) is 0.988. The van der Waals surface area contributed by atoms with Crippen molar-refractivity contribution in [3.05, 3.63) is 28.7 Å². The largest absolute Gasteiger partial charge is 0.618 e. The van der Waals surface area contributed by atoms with Gasteiger partial charge in [-0.1, -0.05) is 0 Å². The number of nitrogens with zero attached hydrogens (tertiary/aromatic N) is 1. The third kappa shape index (κ3) is 1.23. The van der Waals surface area contributed by atoms with Crippen LogP contribution in [-0.4, -0.2) is 5.11 Å². The predicted molar refractivity (Wildman–Crippen MR) is 32.1 cm³/mol. The van der Waals surface area contributed by atoms with Crippen molar-refractivity contribution in [2.75, 3.05) is 0 Å². The Bertz CT molecular complexity index is 226. The number of hydrogen-bond donors (Lipinski definition) is 1. The van der Waals surface area contributed by atoms with Crippen molar-refractivity contribution in [2.45, 2.75) is 0 Å². The van der Waals surface area contributed by atoms with Crippen LogP contribution in [0.1, 0.15) is 0 Å². The smallest absolute Gasteiger partial charge is 0.286 e. The van der Waals surface area contributed by atoms with Gasteiger partial charge in [-0.05, 0) is 17.7 Å². The quantitative estimate of drug-likeness (QED) is 0.332. The Kier molecular flexibility index (Phi) is 1.44. The highest BCUT2D eigenvalue weighted by molar-refractivity contribution is 6.28. The van der Waals surface area contributed by atoms with Gasteiger partial charge in [0.2, 0.25) is 6.20 Å². The Morgan fingerprint density at radius 2 is 2.22 bits per heavy atom. The molecule has 0 saturated heterocycles. The van der Waals surface area contributed by atoms with Gasteiger partial charge in [-0.3, -0.25) is 0 Å². The van der Waals surface area contributed by atoms with Gasteiger partial charge >= 0.3 is 0 Å². The molecule has 0 unspecified atom stereocenters. The van der Waals surface area contributed by atoms with Crippen LogP contribution in [0.3, 0.4) is 0 Å². The lowest BCUT2D eigenvalue weighted by atomic mass is 10.5. The summed E-state index contributed by atoms with van der Waals surface area (Å²) < 4.78 is 0.386. The molecule has 0 aliphatic heterocycles. The van der Waals surface area contributed by atoms with Crippen LogP contribution in [0.2, 0.25) is 5.15 Å². The Hall–Kier alpha value is -0.960. The Labute approximate surface area is 56.7 Å². The molecule has 0 atom stereocenters. The molecule has 1 aromatic heterocycles. The Balaban J connectivity index is 3.17. The summed E-state index contributed by atoms with van der Waals surface area (Å²) in [7, 11) is 0. The van der Waals surface area contributed by atoms with Crippen molar-refractivity contribution in [3.63, 3.8) is 0 Å². The maximum atomic E-state index is 10.5. The van der Waals surface area contributed by atoms with E-state index in [4.69, 9.17) is 16.7 Å². The summed E-state index contributed by atoms with van der Waals surface area (Å²) in [5, 5.41) is 19.2. The van der Waals surface area contributed by atoms with Gasteiger partial charge in [0.25, 0.3) is 5.15 Å². The molecule has 0 amide bonds. The number of aromatic hydroxyl groups is 1. The standard InChI is InChI=1S/C5H4ClNO2/c6-5-2-1-4(8)3-7(5)9/h1-3,8H. The molecular weight excluding hydrogens is 142 g/mol. The predicted octanol–water partition coefficient (Wildman–Crippen LogP) is 0.679. The fourth-order valence-electron chi connectivity index (χ4n) is 0.452. The first-order chi connectivity index (χ1) is 4.20. The second-order valence-electron chi connectivity index (χ2n) is 1.54. The monoisotopic (exact) mass is 145 g/mol. The maximum absolute atomic E-state index is 10.5. The van der Waals surface area contributed by atoms with Crippen LogP contribution in [0, 0.1) is 5.21 Å². The van der Waals surface area contributed by atoms with Gasteiger partial charge < -0.3 is 10.3 Å². The molecule has 0 aliphatic carbocycles. The number of halogens is 1. The first-order valence-corrected chi connectivity index (χ1v) is 2.65. The van der Waals surface area contributed by atoms with E-state index in [-0.39, 0.29) is 10.9 Å². The molecule has 0 spiro atoms. The summed E-state index contributed by atoms with van der Waals surface area (Å²) in [4.78, 5) is 0. The topological polar surface area (TPSA) is 47.2 Å². The fourth-order valence-corrected chi connectivity index (χ4v) is 0.564. The number of aromatic nitrogens is 1. The van der Waals surface area contributed by atoms with Crippen LogP contribution < -0.4 is 4.73 Å². The minimum Gasteiger partial charge on any atom is -0.618 e. The van der Waals surface area contributed by atoms with Crippen molar-refractivity contribution >= 4 is 11.6 Å². The molecule has 4 heteroatoms. The lowest BCUT2D eigenvalue weighted by Crippen LogP contribution is -2.25. The van der Waals surface area contributed by atoms with E-state index in [0.717, 1.165) is 6.20 Å². The van der Waals surface area contributed by atoms with Crippen LogP contribution in [-0.2, 0) is 0 Å². The van der Waals surface area contributed by atoms with Crippen LogP contribution in [0.5, 0.6) is 5.75 Å². The van der Waals surface area contributed by atoms with E-state index in [1.165, 1.54) is 12.1 Å². The summed E-state index contributed by atoms with van der Waals surface area (Å²) in [6, 6.07) is 2.67. The fraction of sp³-hybridized carbons (Fsp3) is 0. The zero-order valence-electron chi connectivity index (χ0n) is 4.41. The molecule has 1 rings (SSSR count). The zero-order chi connectivity index (χ0) is 6.85. The van der Waals surface area contributed by atoms with E-state index >= 15 is 0 Å². The van der Waals surface area contributed by atoms with E-state index in [9.17, 15) is 5.21 Å². The highest BCUT2D eigenvalue weighted by atomic mass is 35.5. The molecule has 1 aromatic rings. The molecule has 9 heavy (non-hydrogen) atoms. The molecule has 1 N–H and O–H groups in total. The van der Waals surface area contributed by atoms with Crippen LogP contribution in [0.25, 0.3) is 0 Å².